The number of fused-ring (bicyclic) bond motifs is 1. The molecule has 2 aromatic rings. The van der Waals surface area contributed by atoms with Gasteiger partial charge in [-0.25, -0.2) is 4.98 Å². The van der Waals surface area contributed by atoms with Gasteiger partial charge in [-0.1, -0.05) is 23.9 Å². The van der Waals surface area contributed by atoms with Gasteiger partial charge < -0.3 is 5.73 Å². The summed E-state index contributed by atoms with van der Waals surface area (Å²) in [5.41, 5.74) is 10.1. The lowest BCUT2D eigenvalue weighted by Crippen LogP contribution is -2.07. The predicted molar refractivity (Wildman–Crippen MR) is 79.4 cm³/mol. The molecule has 1 atom stereocenters. The molecule has 0 saturated carbocycles. The highest BCUT2D eigenvalue weighted by Crippen LogP contribution is 2.33. The molecule has 98 valence electrons. The van der Waals surface area contributed by atoms with E-state index in [9.17, 15) is 0 Å². The molecule has 0 spiro atoms. The molecule has 0 saturated heterocycles. The van der Waals surface area contributed by atoms with E-state index in [2.05, 4.69) is 29.2 Å². The minimum atomic E-state index is 0.0191. The zero-order valence-corrected chi connectivity index (χ0v) is 11.9. The van der Waals surface area contributed by atoms with Crippen LogP contribution in [0.2, 0.25) is 0 Å². The Hall–Kier alpha value is -1.32. The van der Waals surface area contributed by atoms with Crippen molar-refractivity contribution in [1.82, 2.24) is 4.98 Å². The fraction of sp³-hybridized carbons (Fsp3) is 0.312. The lowest BCUT2D eigenvalue weighted by molar-refractivity contribution is 0.779. The highest BCUT2D eigenvalue weighted by molar-refractivity contribution is 7.99. The Morgan fingerprint density at radius 3 is 2.89 bits per heavy atom. The summed E-state index contributed by atoms with van der Waals surface area (Å²) in [6, 6.07) is 10.8. The molecule has 1 aromatic carbocycles. The Labute approximate surface area is 118 Å². The number of hydrogen-bond acceptors (Lipinski definition) is 3. The minimum Gasteiger partial charge on any atom is -0.324 e. The Morgan fingerprint density at radius 2 is 2.05 bits per heavy atom. The van der Waals surface area contributed by atoms with Crippen molar-refractivity contribution in [3.05, 3.63) is 53.2 Å². The molecule has 1 aliphatic rings. The molecule has 2 nitrogen and oxygen atoms in total. The Morgan fingerprint density at radius 1 is 1.21 bits per heavy atom. The van der Waals surface area contributed by atoms with Crippen LogP contribution in [0.4, 0.5) is 0 Å². The molecule has 3 rings (SSSR count). The number of nitrogens with two attached hydrogens (primary N) is 1. The van der Waals surface area contributed by atoms with Gasteiger partial charge in [0.05, 0.1) is 0 Å². The fourth-order valence-corrected chi connectivity index (χ4v) is 3.60. The van der Waals surface area contributed by atoms with Gasteiger partial charge in [0.1, 0.15) is 5.03 Å². The summed E-state index contributed by atoms with van der Waals surface area (Å²) in [5.74, 6) is 0. The molecule has 3 heteroatoms. The van der Waals surface area contributed by atoms with Gasteiger partial charge in [-0.15, -0.1) is 0 Å². The van der Waals surface area contributed by atoms with Crippen molar-refractivity contribution < 1.29 is 0 Å². The highest BCUT2D eigenvalue weighted by atomic mass is 32.2. The molecule has 1 heterocycles. The van der Waals surface area contributed by atoms with Gasteiger partial charge in [0.2, 0.25) is 0 Å². The van der Waals surface area contributed by atoms with E-state index < -0.39 is 0 Å². The number of benzene rings is 1. The molecule has 19 heavy (non-hydrogen) atoms. The van der Waals surface area contributed by atoms with Crippen LogP contribution in [0.15, 0.2) is 46.5 Å². The molecule has 1 aliphatic carbocycles. The van der Waals surface area contributed by atoms with Crippen LogP contribution in [-0.2, 0) is 12.8 Å². The van der Waals surface area contributed by atoms with Crippen LogP contribution in [0.1, 0.15) is 36.1 Å². The van der Waals surface area contributed by atoms with Crippen LogP contribution < -0.4 is 5.73 Å². The van der Waals surface area contributed by atoms with Crippen LogP contribution >= 0.6 is 11.8 Å². The summed E-state index contributed by atoms with van der Waals surface area (Å²) < 4.78 is 0. The first-order chi connectivity index (χ1) is 9.24. The maximum Gasteiger partial charge on any atom is 0.105 e. The summed E-state index contributed by atoms with van der Waals surface area (Å²) in [7, 11) is 0. The average Bonchev–Trinajstić information content (AvgIpc) is 2.86. The summed E-state index contributed by atoms with van der Waals surface area (Å²) in [6.45, 7) is 2.00. The number of aromatic nitrogens is 1. The van der Waals surface area contributed by atoms with Crippen LogP contribution in [0.3, 0.4) is 0 Å². The van der Waals surface area contributed by atoms with E-state index in [0.29, 0.717) is 0 Å². The number of nitrogens with zero attached hydrogens (tertiary/aromatic N) is 1. The Balaban J connectivity index is 1.89. The minimum absolute atomic E-state index is 0.0191. The molecular formula is C16H18N2S. The number of rotatable bonds is 3. The molecular weight excluding hydrogens is 252 g/mol. The first-order valence-electron chi connectivity index (χ1n) is 6.74. The van der Waals surface area contributed by atoms with E-state index in [0.717, 1.165) is 10.6 Å². The van der Waals surface area contributed by atoms with Gasteiger partial charge in [-0.05, 0) is 55.5 Å². The molecule has 1 aromatic heterocycles. The molecule has 0 bridgehead atoms. The van der Waals surface area contributed by atoms with E-state index in [-0.39, 0.29) is 6.04 Å². The lowest BCUT2D eigenvalue weighted by atomic mass is 10.1. The van der Waals surface area contributed by atoms with E-state index >= 15 is 0 Å². The third-order valence-electron chi connectivity index (χ3n) is 3.58. The third-order valence-corrected chi connectivity index (χ3v) is 4.60. The summed E-state index contributed by atoms with van der Waals surface area (Å²) >= 11 is 1.72. The lowest BCUT2D eigenvalue weighted by Gasteiger charge is -2.11. The van der Waals surface area contributed by atoms with Crippen molar-refractivity contribution in [2.75, 3.05) is 0 Å². The SMILES string of the molecule is C[C@@H](N)c1cccnc1Sc1ccc2c(c1)CCC2. The first kappa shape index (κ1) is 12.7. The van der Waals surface area contributed by atoms with Crippen molar-refractivity contribution in [1.29, 1.82) is 0 Å². The largest absolute Gasteiger partial charge is 0.324 e. The second kappa shape index (κ2) is 5.35. The summed E-state index contributed by atoms with van der Waals surface area (Å²) in [6.07, 6.45) is 5.57. The van der Waals surface area contributed by atoms with Gasteiger partial charge in [-0.2, -0.15) is 0 Å². The Kier molecular flexibility index (Phi) is 3.58. The van der Waals surface area contributed by atoms with Crippen molar-refractivity contribution in [2.24, 2.45) is 5.73 Å². The van der Waals surface area contributed by atoms with Gasteiger partial charge in [0, 0.05) is 22.7 Å². The predicted octanol–water partition coefficient (Wildman–Crippen LogP) is 3.74. The average molecular weight is 270 g/mol. The van der Waals surface area contributed by atoms with Gasteiger partial charge >= 0.3 is 0 Å². The quantitative estimate of drug-likeness (QED) is 0.923. The van der Waals surface area contributed by atoms with Gasteiger partial charge in [-0.3, -0.25) is 0 Å². The maximum absolute atomic E-state index is 6.01. The second-order valence-corrected chi connectivity index (χ2v) is 6.13. The topological polar surface area (TPSA) is 38.9 Å². The zero-order chi connectivity index (χ0) is 13.2. The van der Waals surface area contributed by atoms with Crippen molar-refractivity contribution in [3.63, 3.8) is 0 Å². The summed E-state index contributed by atoms with van der Waals surface area (Å²) in [5, 5.41) is 1.02. The van der Waals surface area contributed by atoms with E-state index in [1.54, 1.807) is 11.8 Å². The van der Waals surface area contributed by atoms with Gasteiger partial charge in [0.15, 0.2) is 0 Å². The molecule has 0 aliphatic heterocycles. The molecule has 0 amide bonds. The second-order valence-electron chi connectivity index (χ2n) is 5.07. The van der Waals surface area contributed by atoms with E-state index in [1.807, 2.05) is 19.2 Å². The summed E-state index contributed by atoms with van der Waals surface area (Å²) in [4.78, 5) is 5.74. The van der Waals surface area contributed by atoms with Crippen molar-refractivity contribution >= 4 is 11.8 Å². The number of hydrogen-bond donors (Lipinski definition) is 1. The van der Waals surface area contributed by atoms with Crippen LogP contribution in [0, 0.1) is 0 Å². The van der Waals surface area contributed by atoms with E-state index in [1.165, 1.54) is 35.3 Å². The standard InChI is InChI=1S/C16H18N2S/c1-11(17)15-6-3-9-18-16(15)19-14-8-7-12-4-2-5-13(12)10-14/h3,6-11H,2,4-5,17H2,1H3/t11-/m1/s1. The monoisotopic (exact) mass is 270 g/mol. The maximum atomic E-state index is 6.01. The van der Waals surface area contributed by atoms with Crippen molar-refractivity contribution in [3.8, 4) is 0 Å². The van der Waals surface area contributed by atoms with Gasteiger partial charge in [0.25, 0.3) is 0 Å². The smallest absolute Gasteiger partial charge is 0.105 e. The fourth-order valence-electron chi connectivity index (χ4n) is 2.56. The molecule has 0 unspecified atom stereocenters. The van der Waals surface area contributed by atoms with E-state index in [4.69, 9.17) is 5.73 Å². The molecule has 2 N–H and O–H groups in total. The Bertz CT molecular complexity index is 593. The highest BCUT2D eigenvalue weighted by Gasteiger charge is 2.13. The third kappa shape index (κ3) is 2.67. The van der Waals surface area contributed by atoms with Crippen LogP contribution in [-0.4, -0.2) is 4.98 Å². The van der Waals surface area contributed by atoms with Crippen LogP contribution in [0.25, 0.3) is 0 Å². The first-order valence-corrected chi connectivity index (χ1v) is 7.56. The molecule has 0 radical (unpaired) electrons. The normalized spacial score (nSPS) is 15.3. The zero-order valence-electron chi connectivity index (χ0n) is 11.1. The van der Waals surface area contributed by atoms with Crippen molar-refractivity contribution in [2.45, 2.75) is 42.1 Å². The van der Waals surface area contributed by atoms with Crippen LogP contribution in [0.5, 0.6) is 0 Å². The number of pyridine rings is 1. The molecule has 0 fully saturated rings. The number of aryl methyl sites for hydroxylation is 2.